The lowest BCUT2D eigenvalue weighted by Gasteiger charge is -2.12. The van der Waals surface area contributed by atoms with Gasteiger partial charge in [-0.2, -0.15) is 0 Å². The van der Waals surface area contributed by atoms with Crippen LogP contribution in [-0.2, 0) is 19.1 Å². The summed E-state index contributed by atoms with van der Waals surface area (Å²) in [5.41, 5.74) is 5.22. The average Bonchev–Trinajstić information content (AvgIpc) is 2.23. The quantitative estimate of drug-likeness (QED) is 0.370. The SMILES string of the molecule is COC(=O)C(O)CNC(=O)C(N)CC(=O)O. The second-order valence-electron chi connectivity index (χ2n) is 2.99. The van der Waals surface area contributed by atoms with Gasteiger partial charge in [0.25, 0.3) is 0 Å². The zero-order valence-electron chi connectivity index (χ0n) is 8.67. The van der Waals surface area contributed by atoms with E-state index in [9.17, 15) is 14.4 Å². The van der Waals surface area contributed by atoms with Gasteiger partial charge in [0.05, 0.1) is 26.1 Å². The predicted octanol–water partition coefficient (Wildman–Crippen LogP) is -2.56. The Labute approximate surface area is 91.4 Å². The van der Waals surface area contributed by atoms with E-state index < -0.39 is 36.4 Å². The monoisotopic (exact) mass is 234 g/mol. The van der Waals surface area contributed by atoms with Gasteiger partial charge in [-0.05, 0) is 0 Å². The van der Waals surface area contributed by atoms with E-state index in [0.717, 1.165) is 7.11 Å². The Kier molecular flexibility index (Phi) is 6.04. The predicted molar refractivity (Wildman–Crippen MR) is 51.3 cm³/mol. The van der Waals surface area contributed by atoms with Crippen molar-refractivity contribution in [2.75, 3.05) is 13.7 Å². The second-order valence-corrected chi connectivity index (χ2v) is 2.99. The van der Waals surface area contributed by atoms with Crippen LogP contribution in [0.15, 0.2) is 0 Å². The minimum atomic E-state index is -1.49. The van der Waals surface area contributed by atoms with E-state index in [4.69, 9.17) is 15.9 Å². The summed E-state index contributed by atoms with van der Waals surface area (Å²) < 4.78 is 4.20. The molecule has 0 radical (unpaired) electrons. The van der Waals surface area contributed by atoms with Crippen LogP contribution in [0.1, 0.15) is 6.42 Å². The van der Waals surface area contributed by atoms with Crippen molar-refractivity contribution in [3.8, 4) is 0 Å². The summed E-state index contributed by atoms with van der Waals surface area (Å²) in [6.07, 6.45) is -2.02. The number of esters is 1. The highest BCUT2D eigenvalue weighted by Gasteiger charge is 2.20. The van der Waals surface area contributed by atoms with E-state index in [-0.39, 0.29) is 6.54 Å². The van der Waals surface area contributed by atoms with E-state index in [2.05, 4.69) is 10.1 Å². The van der Waals surface area contributed by atoms with Crippen LogP contribution in [-0.4, -0.2) is 53.9 Å². The first-order valence-electron chi connectivity index (χ1n) is 4.39. The number of nitrogens with one attached hydrogen (secondary N) is 1. The molecule has 2 atom stereocenters. The minimum Gasteiger partial charge on any atom is -0.481 e. The van der Waals surface area contributed by atoms with Crippen molar-refractivity contribution >= 4 is 17.8 Å². The third kappa shape index (κ3) is 5.27. The first kappa shape index (κ1) is 14.3. The van der Waals surface area contributed by atoms with Crippen LogP contribution in [0.3, 0.4) is 0 Å². The largest absolute Gasteiger partial charge is 0.481 e. The maximum absolute atomic E-state index is 11.1. The molecule has 0 saturated carbocycles. The van der Waals surface area contributed by atoms with Crippen molar-refractivity contribution in [1.29, 1.82) is 0 Å². The standard InChI is InChI=1S/C8H14N2O6/c1-16-8(15)5(11)3-10-7(14)4(9)2-6(12)13/h4-5,11H,2-3,9H2,1H3,(H,10,14)(H,12,13). The van der Waals surface area contributed by atoms with Gasteiger partial charge in [0, 0.05) is 0 Å². The van der Waals surface area contributed by atoms with Gasteiger partial charge in [-0.1, -0.05) is 0 Å². The van der Waals surface area contributed by atoms with Gasteiger partial charge < -0.3 is 26.0 Å². The van der Waals surface area contributed by atoms with Crippen LogP contribution < -0.4 is 11.1 Å². The Morgan fingerprint density at radius 1 is 1.44 bits per heavy atom. The highest BCUT2D eigenvalue weighted by atomic mass is 16.5. The van der Waals surface area contributed by atoms with Gasteiger partial charge in [0.2, 0.25) is 5.91 Å². The summed E-state index contributed by atoms with van der Waals surface area (Å²) in [4.78, 5) is 32.1. The van der Waals surface area contributed by atoms with Crippen LogP contribution in [0.25, 0.3) is 0 Å². The molecule has 1 amide bonds. The van der Waals surface area contributed by atoms with E-state index in [1.165, 1.54) is 0 Å². The van der Waals surface area contributed by atoms with Crippen molar-refractivity contribution in [3.63, 3.8) is 0 Å². The lowest BCUT2D eigenvalue weighted by atomic mass is 10.2. The number of hydrogen-bond donors (Lipinski definition) is 4. The first-order valence-corrected chi connectivity index (χ1v) is 4.39. The van der Waals surface area contributed by atoms with Gasteiger partial charge in [-0.25, -0.2) is 4.79 Å². The summed E-state index contributed by atoms with van der Waals surface area (Å²) >= 11 is 0. The summed E-state index contributed by atoms with van der Waals surface area (Å²) in [6, 6.07) is -1.22. The van der Waals surface area contributed by atoms with Crippen molar-refractivity contribution in [1.82, 2.24) is 5.32 Å². The lowest BCUT2D eigenvalue weighted by molar-refractivity contribution is -0.150. The first-order chi connectivity index (χ1) is 7.38. The Hall–Kier alpha value is -1.67. The van der Waals surface area contributed by atoms with Crippen molar-refractivity contribution < 1.29 is 29.3 Å². The molecule has 92 valence electrons. The van der Waals surface area contributed by atoms with Gasteiger partial charge in [0.1, 0.15) is 0 Å². The van der Waals surface area contributed by atoms with Crippen LogP contribution in [0.4, 0.5) is 0 Å². The molecule has 0 aromatic carbocycles. The molecule has 8 heteroatoms. The number of carbonyl (C=O) groups excluding carboxylic acids is 2. The zero-order chi connectivity index (χ0) is 12.7. The van der Waals surface area contributed by atoms with E-state index >= 15 is 0 Å². The van der Waals surface area contributed by atoms with E-state index in [1.54, 1.807) is 0 Å². The molecular formula is C8H14N2O6. The number of carboxylic acid groups (broad SMARTS) is 1. The average molecular weight is 234 g/mol. The zero-order valence-corrected chi connectivity index (χ0v) is 8.67. The Bertz CT molecular complexity index is 280. The lowest BCUT2D eigenvalue weighted by Crippen LogP contribution is -2.46. The minimum absolute atomic E-state index is 0.376. The van der Waals surface area contributed by atoms with Crippen LogP contribution in [0, 0.1) is 0 Å². The maximum atomic E-state index is 11.1. The number of carboxylic acids is 1. The highest BCUT2D eigenvalue weighted by Crippen LogP contribution is 1.90. The van der Waals surface area contributed by atoms with Crippen molar-refractivity contribution in [2.24, 2.45) is 5.73 Å². The molecule has 0 fully saturated rings. The number of amides is 1. The fourth-order valence-corrected chi connectivity index (χ4v) is 0.829. The second kappa shape index (κ2) is 6.75. The van der Waals surface area contributed by atoms with Gasteiger partial charge >= 0.3 is 11.9 Å². The Balaban J connectivity index is 3.97. The number of hydrogen-bond acceptors (Lipinski definition) is 6. The normalized spacial score (nSPS) is 13.7. The molecule has 5 N–H and O–H groups in total. The number of carbonyl (C=O) groups is 3. The molecule has 0 rings (SSSR count). The number of aliphatic hydroxyl groups excluding tert-OH is 1. The highest BCUT2D eigenvalue weighted by molar-refractivity contribution is 5.86. The van der Waals surface area contributed by atoms with Crippen LogP contribution >= 0.6 is 0 Å². The molecular weight excluding hydrogens is 220 g/mol. The number of methoxy groups -OCH3 is 1. The Morgan fingerprint density at radius 2 is 2.00 bits per heavy atom. The Morgan fingerprint density at radius 3 is 2.44 bits per heavy atom. The van der Waals surface area contributed by atoms with Gasteiger partial charge in [-0.15, -0.1) is 0 Å². The molecule has 0 spiro atoms. The molecule has 8 nitrogen and oxygen atoms in total. The summed E-state index contributed by atoms with van der Waals surface area (Å²) in [5, 5.41) is 19.6. The van der Waals surface area contributed by atoms with Crippen LogP contribution in [0.5, 0.6) is 0 Å². The fraction of sp³-hybridized carbons (Fsp3) is 0.625. The molecule has 0 bridgehead atoms. The summed E-state index contributed by atoms with van der Waals surface area (Å²) in [6.45, 7) is -0.376. The molecule has 0 aliphatic heterocycles. The number of ether oxygens (including phenoxy) is 1. The molecule has 16 heavy (non-hydrogen) atoms. The molecule has 0 aromatic rings. The third-order valence-corrected chi connectivity index (χ3v) is 1.67. The van der Waals surface area contributed by atoms with Crippen molar-refractivity contribution in [3.05, 3.63) is 0 Å². The van der Waals surface area contributed by atoms with Crippen LogP contribution in [0.2, 0.25) is 0 Å². The molecule has 0 heterocycles. The fourth-order valence-electron chi connectivity index (χ4n) is 0.829. The van der Waals surface area contributed by atoms with E-state index in [1.807, 2.05) is 0 Å². The molecule has 0 saturated heterocycles. The number of rotatable bonds is 6. The third-order valence-electron chi connectivity index (χ3n) is 1.67. The maximum Gasteiger partial charge on any atom is 0.336 e. The molecule has 0 aromatic heterocycles. The molecule has 2 unspecified atom stereocenters. The van der Waals surface area contributed by atoms with E-state index in [0.29, 0.717) is 0 Å². The van der Waals surface area contributed by atoms with Gasteiger partial charge in [-0.3, -0.25) is 9.59 Å². The topological polar surface area (TPSA) is 139 Å². The molecule has 0 aliphatic rings. The van der Waals surface area contributed by atoms with Gasteiger partial charge in [0.15, 0.2) is 6.10 Å². The number of aliphatic hydroxyl groups is 1. The smallest absolute Gasteiger partial charge is 0.336 e. The molecule has 0 aliphatic carbocycles. The van der Waals surface area contributed by atoms with Crippen molar-refractivity contribution in [2.45, 2.75) is 18.6 Å². The number of nitrogens with two attached hydrogens (primary N) is 1. The number of aliphatic carboxylic acids is 1. The summed E-state index contributed by atoms with van der Waals surface area (Å²) in [5.74, 6) is -2.87. The summed E-state index contributed by atoms with van der Waals surface area (Å²) in [7, 11) is 1.09.